The molecule has 1 atom stereocenters. The molecule has 1 N–H and O–H groups in total. The van der Waals surface area contributed by atoms with E-state index >= 15 is 0 Å². The Morgan fingerprint density at radius 2 is 1.81 bits per heavy atom. The number of rotatable bonds is 10. The Hall–Kier alpha value is -3.24. The Morgan fingerprint density at radius 3 is 2.45 bits per heavy atom. The van der Waals surface area contributed by atoms with Gasteiger partial charge in [0.15, 0.2) is 0 Å². The molecule has 2 aromatic carbocycles. The number of allylic oxidation sites excluding steroid dienone is 1. The molecular formula is C27H28FNO2. The van der Waals surface area contributed by atoms with Gasteiger partial charge in [-0.15, -0.1) is 0 Å². The lowest BCUT2D eigenvalue weighted by Crippen LogP contribution is -1.97. The van der Waals surface area contributed by atoms with Crippen molar-refractivity contribution in [2.45, 2.75) is 32.3 Å². The van der Waals surface area contributed by atoms with Crippen molar-refractivity contribution in [1.82, 2.24) is 4.98 Å². The van der Waals surface area contributed by atoms with Crippen LogP contribution in [0.25, 0.3) is 28.5 Å². The number of ether oxygens (including phenoxy) is 1. The number of hydrogen-bond acceptors (Lipinski definition) is 3. The van der Waals surface area contributed by atoms with E-state index in [0.717, 1.165) is 41.6 Å². The molecular weight excluding hydrogens is 389 g/mol. The van der Waals surface area contributed by atoms with Gasteiger partial charge in [-0.25, -0.2) is 4.39 Å². The van der Waals surface area contributed by atoms with Crippen LogP contribution in [0.4, 0.5) is 4.39 Å². The molecule has 4 heteroatoms. The summed E-state index contributed by atoms with van der Waals surface area (Å²) < 4.78 is 20.0. The molecule has 0 saturated carbocycles. The monoisotopic (exact) mass is 417 g/mol. The lowest BCUT2D eigenvalue weighted by molar-refractivity contribution is 0.182. The van der Waals surface area contributed by atoms with Crippen molar-refractivity contribution >= 4 is 6.08 Å². The summed E-state index contributed by atoms with van der Waals surface area (Å²) in [5.74, 6) is 0.456. The van der Waals surface area contributed by atoms with Gasteiger partial charge in [0.25, 0.3) is 0 Å². The molecule has 0 bridgehead atoms. The molecule has 160 valence electrons. The summed E-state index contributed by atoms with van der Waals surface area (Å²) >= 11 is 0. The van der Waals surface area contributed by atoms with E-state index in [0.29, 0.717) is 17.9 Å². The van der Waals surface area contributed by atoms with Gasteiger partial charge < -0.3 is 9.84 Å². The summed E-state index contributed by atoms with van der Waals surface area (Å²) in [6.45, 7) is 5.86. The van der Waals surface area contributed by atoms with Crippen LogP contribution in [-0.4, -0.2) is 22.8 Å². The Kier molecular flexibility index (Phi) is 8.13. The Morgan fingerprint density at radius 1 is 1.06 bits per heavy atom. The van der Waals surface area contributed by atoms with E-state index in [-0.39, 0.29) is 11.9 Å². The molecule has 1 heterocycles. The smallest absolute Gasteiger partial charge is 0.138 e. The van der Waals surface area contributed by atoms with Gasteiger partial charge in [-0.2, -0.15) is 0 Å². The minimum atomic E-state index is -0.290. The Labute approximate surface area is 183 Å². The summed E-state index contributed by atoms with van der Waals surface area (Å²) in [5, 5.41) is 9.28. The van der Waals surface area contributed by atoms with Gasteiger partial charge in [0.05, 0.1) is 18.0 Å². The number of halogens is 1. The van der Waals surface area contributed by atoms with Crippen molar-refractivity contribution in [3.63, 3.8) is 0 Å². The predicted octanol–water partition coefficient (Wildman–Crippen LogP) is 6.68. The number of pyridine rings is 1. The van der Waals surface area contributed by atoms with Gasteiger partial charge in [0.2, 0.25) is 0 Å². The van der Waals surface area contributed by atoms with Gasteiger partial charge in [-0.05, 0) is 55.5 Å². The molecule has 1 unspecified atom stereocenters. The summed E-state index contributed by atoms with van der Waals surface area (Å²) in [6, 6.07) is 17.0. The van der Waals surface area contributed by atoms with Gasteiger partial charge in [0.1, 0.15) is 18.2 Å². The number of benzene rings is 2. The SMILES string of the molecule is C=CCOc1ccc(-c2ccc(-c3ccc(C=CCCCC(C)O)c(F)c3)cc2)nc1. The third-order valence-electron chi connectivity index (χ3n) is 4.91. The van der Waals surface area contributed by atoms with Crippen molar-refractivity contribution < 1.29 is 14.2 Å². The fourth-order valence-corrected chi connectivity index (χ4v) is 3.21. The van der Waals surface area contributed by atoms with Crippen LogP contribution in [0.1, 0.15) is 31.7 Å². The quantitative estimate of drug-likeness (QED) is 0.295. The third kappa shape index (κ3) is 6.63. The topological polar surface area (TPSA) is 42.4 Å². The highest BCUT2D eigenvalue weighted by atomic mass is 19.1. The van der Waals surface area contributed by atoms with Crippen molar-refractivity contribution in [3.05, 3.63) is 90.9 Å². The molecule has 31 heavy (non-hydrogen) atoms. The number of aliphatic hydroxyl groups is 1. The second kappa shape index (κ2) is 11.2. The Balaban J connectivity index is 1.66. The highest BCUT2D eigenvalue weighted by Gasteiger charge is 2.05. The summed E-state index contributed by atoms with van der Waals surface area (Å²) in [6.07, 6.45) is 9.32. The second-order valence-corrected chi connectivity index (χ2v) is 7.47. The summed E-state index contributed by atoms with van der Waals surface area (Å²) in [4.78, 5) is 4.44. The van der Waals surface area contributed by atoms with E-state index < -0.39 is 0 Å². The van der Waals surface area contributed by atoms with Crippen molar-refractivity contribution in [3.8, 4) is 28.1 Å². The maximum Gasteiger partial charge on any atom is 0.138 e. The Bertz CT molecular complexity index is 1010. The highest BCUT2D eigenvalue weighted by Crippen LogP contribution is 2.26. The molecule has 0 amide bonds. The van der Waals surface area contributed by atoms with Gasteiger partial charge >= 0.3 is 0 Å². The number of aromatic nitrogens is 1. The maximum absolute atomic E-state index is 14.5. The van der Waals surface area contributed by atoms with Crippen molar-refractivity contribution in [2.24, 2.45) is 0 Å². The molecule has 1 aromatic heterocycles. The van der Waals surface area contributed by atoms with E-state index in [1.165, 1.54) is 0 Å². The first kappa shape index (κ1) is 22.4. The van der Waals surface area contributed by atoms with Crippen LogP contribution in [0.2, 0.25) is 0 Å². The third-order valence-corrected chi connectivity index (χ3v) is 4.91. The summed E-state index contributed by atoms with van der Waals surface area (Å²) in [5.41, 5.74) is 4.17. The second-order valence-electron chi connectivity index (χ2n) is 7.47. The van der Waals surface area contributed by atoms with Crippen LogP contribution < -0.4 is 4.74 Å². The largest absolute Gasteiger partial charge is 0.488 e. The van der Waals surface area contributed by atoms with E-state index in [2.05, 4.69) is 11.6 Å². The highest BCUT2D eigenvalue weighted by molar-refractivity contribution is 5.70. The maximum atomic E-state index is 14.5. The standard InChI is InChI=1S/C27H28FNO2/c1-3-17-31-25-15-16-27(29-19-25)23-12-9-21(10-13-23)24-14-11-22(26(28)18-24)8-6-4-5-7-20(2)30/h3,6,8-16,18-20,30H,1,4-5,7,17H2,2H3. The average Bonchev–Trinajstić information content (AvgIpc) is 2.78. The minimum absolute atomic E-state index is 0.245. The van der Waals surface area contributed by atoms with Gasteiger partial charge in [-0.3, -0.25) is 4.98 Å². The van der Waals surface area contributed by atoms with Crippen LogP contribution in [0.15, 0.2) is 79.5 Å². The zero-order valence-electron chi connectivity index (χ0n) is 17.8. The molecule has 0 aliphatic heterocycles. The number of unbranched alkanes of at least 4 members (excludes halogenated alkanes) is 1. The van der Waals surface area contributed by atoms with Gasteiger partial charge in [-0.1, -0.05) is 61.2 Å². The van der Waals surface area contributed by atoms with Crippen LogP contribution in [-0.2, 0) is 0 Å². The predicted molar refractivity (Wildman–Crippen MR) is 125 cm³/mol. The molecule has 0 spiro atoms. The zero-order valence-corrected chi connectivity index (χ0v) is 17.8. The van der Waals surface area contributed by atoms with Crippen molar-refractivity contribution in [1.29, 1.82) is 0 Å². The molecule has 3 rings (SSSR count). The van der Waals surface area contributed by atoms with E-state index in [9.17, 15) is 9.50 Å². The number of aliphatic hydroxyl groups excluding tert-OH is 1. The minimum Gasteiger partial charge on any atom is -0.488 e. The van der Waals surface area contributed by atoms with Gasteiger partial charge in [0, 0.05) is 11.1 Å². The molecule has 0 radical (unpaired) electrons. The number of nitrogens with zero attached hydrogens (tertiary/aromatic N) is 1. The fraction of sp³-hybridized carbons (Fsp3) is 0.222. The average molecular weight is 418 g/mol. The lowest BCUT2D eigenvalue weighted by Gasteiger charge is -2.07. The van der Waals surface area contributed by atoms with E-state index in [1.807, 2.05) is 48.5 Å². The lowest BCUT2D eigenvalue weighted by atomic mass is 10.0. The van der Waals surface area contributed by atoms with Crippen LogP contribution >= 0.6 is 0 Å². The van der Waals surface area contributed by atoms with Crippen LogP contribution in [0.5, 0.6) is 5.75 Å². The molecule has 0 saturated heterocycles. The summed E-state index contributed by atoms with van der Waals surface area (Å²) in [7, 11) is 0. The molecule has 0 aliphatic rings. The fourth-order valence-electron chi connectivity index (χ4n) is 3.21. The molecule has 0 aliphatic carbocycles. The van der Waals surface area contributed by atoms with Crippen LogP contribution in [0.3, 0.4) is 0 Å². The number of hydrogen-bond donors (Lipinski definition) is 1. The molecule has 3 aromatic rings. The normalized spacial score (nSPS) is 12.1. The molecule has 0 fully saturated rings. The van der Waals surface area contributed by atoms with E-state index in [1.54, 1.807) is 37.4 Å². The first-order valence-corrected chi connectivity index (χ1v) is 10.5. The molecule has 3 nitrogen and oxygen atoms in total. The zero-order chi connectivity index (χ0) is 22.1. The first-order chi connectivity index (χ1) is 15.1. The van der Waals surface area contributed by atoms with E-state index in [4.69, 9.17) is 4.74 Å². The van der Waals surface area contributed by atoms with Crippen molar-refractivity contribution in [2.75, 3.05) is 6.61 Å². The first-order valence-electron chi connectivity index (χ1n) is 10.5. The van der Waals surface area contributed by atoms with Crippen LogP contribution in [0, 0.1) is 5.82 Å².